The van der Waals surface area contributed by atoms with E-state index in [4.69, 9.17) is 11.5 Å². The number of aromatic hydroxyl groups is 2. The van der Waals surface area contributed by atoms with Crippen molar-refractivity contribution in [2.45, 2.75) is 47.0 Å². The van der Waals surface area contributed by atoms with Crippen molar-refractivity contribution in [3.63, 3.8) is 0 Å². The van der Waals surface area contributed by atoms with E-state index in [0.29, 0.717) is 11.4 Å². The van der Waals surface area contributed by atoms with Crippen molar-refractivity contribution in [1.82, 2.24) is 0 Å². The van der Waals surface area contributed by atoms with E-state index in [-0.39, 0.29) is 17.4 Å². The van der Waals surface area contributed by atoms with Gasteiger partial charge in [0.2, 0.25) is 0 Å². The smallest absolute Gasteiger partial charge is 0.141 e. The summed E-state index contributed by atoms with van der Waals surface area (Å²) in [6.45, 7) is 9.67. The molecule has 4 nitrogen and oxygen atoms in total. The maximum absolute atomic E-state index is 10.0. The molecule has 0 fully saturated rings. The highest BCUT2D eigenvalue weighted by atomic mass is 16.3. The predicted molar refractivity (Wildman–Crippen MR) is 96.1 cm³/mol. The van der Waals surface area contributed by atoms with Gasteiger partial charge in [0.25, 0.3) is 0 Å². The SMILES string of the molecule is CCC(c1cc(C)c(O)c(N)c1C)c1cc(C)c(O)c(N)c1C. The molecule has 0 spiro atoms. The quantitative estimate of drug-likeness (QED) is 0.508. The maximum Gasteiger partial charge on any atom is 0.141 e. The van der Waals surface area contributed by atoms with Crippen LogP contribution >= 0.6 is 0 Å². The van der Waals surface area contributed by atoms with Gasteiger partial charge in [-0.3, -0.25) is 0 Å². The average molecular weight is 314 g/mol. The Morgan fingerprint density at radius 3 is 1.48 bits per heavy atom. The molecule has 23 heavy (non-hydrogen) atoms. The summed E-state index contributed by atoms with van der Waals surface area (Å²) in [5.74, 6) is 0.414. The van der Waals surface area contributed by atoms with Gasteiger partial charge in [-0.25, -0.2) is 0 Å². The zero-order valence-corrected chi connectivity index (χ0v) is 14.5. The van der Waals surface area contributed by atoms with Crippen molar-refractivity contribution in [3.05, 3.63) is 45.5 Å². The highest BCUT2D eigenvalue weighted by Crippen LogP contribution is 2.42. The van der Waals surface area contributed by atoms with Crippen LogP contribution in [0.1, 0.15) is 52.6 Å². The molecule has 4 heteroatoms. The molecule has 0 heterocycles. The fraction of sp³-hybridized carbons (Fsp3) is 0.368. The van der Waals surface area contributed by atoms with Gasteiger partial charge in [-0.05, 0) is 67.5 Å². The topological polar surface area (TPSA) is 92.5 Å². The summed E-state index contributed by atoms with van der Waals surface area (Å²) in [7, 11) is 0. The van der Waals surface area contributed by atoms with Crippen LogP contribution in [0, 0.1) is 27.7 Å². The summed E-state index contributed by atoms with van der Waals surface area (Å²) in [5.41, 5.74) is 18.5. The molecule has 0 saturated carbocycles. The van der Waals surface area contributed by atoms with E-state index in [1.54, 1.807) is 0 Å². The van der Waals surface area contributed by atoms with Crippen LogP contribution in [0.15, 0.2) is 12.1 Å². The van der Waals surface area contributed by atoms with Gasteiger partial charge < -0.3 is 21.7 Å². The summed E-state index contributed by atoms with van der Waals surface area (Å²) >= 11 is 0. The number of aryl methyl sites for hydroxylation is 2. The first-order chi connectivity index (χ1) is 10.7. The molecule has 6 N–H and O–H groups in total. The lowest BCUT2D eigenvalue weighted by molar-refractivity contribution is 0.472. The highest BCUT2D eigenvalue weighted by Gasteiger charge is 2.22. The maximum atomic E-state index is 10.0. The van der Waals surface area contributed by atoms with Crippen molar-refractivity contribution >= 4 is 11.4 Å². The fourth-order valence-corrected chi connectivity index (χ4v) is 3.24. The Bertz CT molecular complexity index is 703. The Hall–Kier alpha value is -2.36. The van der Waals surface area contributed by atoms with E-state index in [0.717, 1.165) is 39.8 Å². The Balaban J connectivity index is 2.72. The second-order valence-corrected chi connectivity index (χ2v) is 6.30. The molecule has 2 aromatic carbocycles. The van der Waals surface area contributed by atoms with E-state index < -0.39 is 0 Å². The summed E-state index contributed by atoms with van der Waals surface area (Å²) < 4.78 is 0. The minimum atomic E-state index is 0.109. The number of nitrogens with two attached hydrogens (primary N) is 2. The Morgan fingerprint density at radius 2 is 1.17 bits per heavy atom. The molecule has 0 aliphatic rings. The zero-order chi connectivity index (χ0) is 17.5. The standard InChI is InChI=1S/C19H26N2O2/c1-6-13(14-7-9(2)18(22)16(20)11(14)4)15-8-10(3)19(23)17(21)12(15)5/h7-8,13,22-23H,6,20-21H2,1-5H3. The van der Waals surface area contributed by atoms with Gasteiger partial charge in [0.1, 0.15) is 11.5 Å². The van der Waals surface area contributed by atoms with Crippen molar-refractivity contribution in [1.29, 1.82) is 0 Å². The van der Waals surface area contributed by atoms with Crippen molar-refractivity contribution in [2.24, 2.45) is 0 Å². The van der Waals surface area contributed by atoms with E-state index in [1.807, 2.05) is 39.8 Å². The first-order valence-corrected chi connectivity index (χ1v) is 7.87. The van der Waals surface area contributed by atoms with Crippen molar-refractivity contribution in [2.75, 3.05) is 11.5 Å². The molecule has 0 unspecified atom stereocenters. The van der Waals surface area contributed by atoms with Crippen LogP contribution in [0.2, 0.25) is 0 Å². The number of hydrogen-bond acceptors (Lipinski definition) is 4. The molecule has 0 aliphatic heterocycles. The zero-order valence-electron chi connectivity index (χ0n) is 14.5. The van der Waals surface area contributed by atoms with Gasteiger partial charge in [0.15, 0.2) is 0 Å². The fourth-order valence-electron chi connectivity index (χ4n) is 3.24. The second-order valence-electron chi connectivity index (χ2n) is 6.30. The molecule has 0 saturated heterocycles. The second kappa shape index (κ2) is 6.03. The van der Waals surface area contributed by atoms with Crippen LogP contribution in [0.3, 0.4) is 0 Å². The number of phenols is 2. The van der Waals surface area contributed by atoms with Crippen molar-refractivity contribution in [3.8, 4) is 11.5 Å². The van der Waals surface area contributed by atoms with Crippen LogP contribution in [0.4, 0.5) is 11.4 Å². The van der Waals surface area contributed by atoms with Gasteiger partial charge in [-0.2, -0.15) is 0 Å². The molecule has 0 amide bonds. The monoisotopic (exact) mass is 314 g/mol. The van der Waals surface area contributed by atoms with Gasteiger partial charge >= 0.3 is 0 Å². The first-order valence-electron chi connectivity index (χ1n) is 7.87. The summed E-state index contributed by atoms with van der Waals surface area (Å²) in [6.07, 6.45) is 0.870. The largest absolute Gasteiger partial charge is 0.506 e. The van der Waals surface area contributed by atoms with Gasteiger partial charge in [-0.1, -0.05) is 19.1 Å². The van der Waals surface area contributed by atoms with E-state index in [2.05, 4.69) is 6.92 Å². The number of benzene rings is 2. The number of anilines is 2. The summed E-state index contributed by atoms with van der Waals surface area (Å²) in [4.78, 5) is 0. The average Bonchev–Trinajstić information content (AvgIpc) is 2.53. The lowest BCUT2D eigenvalue weighted by Crippen LogP contribution is -2.09. The van der Waals surface area contributed by atoms with E-state index >= 15 is 0 Å². The van der Waals surface area contributed by atoms with Crippen LogP contribution < -0.4 is 11.5 Å². The van der Waals surface area contributed by atoms with Crippen LogP contribution in [0.25, 0.3) is 0 Å². The Morgan fingerprint density at radius 1 is 0.826 bits per heavy atom. The van der Waals surface area contributed by atoms with Crippen molar-refractivity contribution < 1.29 is 10.2 Å². The molecule has 0 aliphatic carbocycles. The van der Waals surface area contributed by atoms with E-state index in [9.17, 15) is 10.2 Å². The normalized spacial score (nSPS) is 11.2. The molecule has 0 aromatic heterocycles. The predicted octanol–water partition coefficient (Wildman–Crippen LogP) is 4.04. The van der Waals surface area contributed by atoms with Gasteiger partial charge in [0.05, 0.1) is 11.4 Å². The van der Waals surface area contributed by atoms with Crippen LogP contribution in [0.5, 0.6) is 11.5 Å². The lowest BCUT2D eigenvalue weighted by Gasteiger charge is -2.24. The number of nitrogen functional groups attached to an aromatic ring is 2. The van der Waals surface area contributed by atoms with Gasteiger partial charge in [0, 0.05) is 5.92 Å². The van der Waals surface area contributed by atoms with Crippen LogP contribution in [-0.4, -0.2) is 10.2 Å². The van der Waals surface area contributed by atoms with Gasteiger partial charge in [-0.15, -0.1) is 0 Å². The Kier molecular flexibility index (Phi) is 4.46. The molecule has 0 atom stereocenters. The lowest BCUT2D eigenvalue weighted by atomic mass is 9.82. The molecular weight excluding hydrogens is 288 g/mol. The van der Waals surface area contributed by atoms with E-state index in [1.165, 1.54) is 0 Å². The Labute approximate surface area is 137 Å². The molecule has 0 bridgehead atoms. The third-order valence-electron chi connectivity index (χ3n) is 4.83. The highest BCUT2D eigenvalue weighted by molar-refractivity contribution is 5.68. The molecule has 2 rings (SSSR count). The molecule has 0 radical (unpaired) electrons. The number of rotatable bonds is 3. The first kappa shape index (κ1) is 17.0. The molecular formula is C19H26N2O2. The third kappa shape index (κ3) is 2.69. The third-order valence-corrected chi connectivity index (χ3v) is 4.83. The summed E-state index contributed by atoms with van der Waals surface area (Å²) in [6, 6.07) is 3.99. The number of phenolic OH excluding ortho intramolecular Hbond substituents is 2. The molecule has 2 aromatic rings. The summed E-state index contributed by atoms with van der Waals surface area (Å²) in [5, 5.41) is 20.1. The van der Waals surface area contributed by atoms with Crippen LogP contribution in [-0.2, 0) is 0 Å². The molecule has 124 valence electrons. The minimum Gasteiger partial charge on any atom is -0.506 e. The minimum absolute atomic E-state index is 0.109. The number of hydrogen-bond donors (Lipinski definition) is 4.